The first kappa shape index (κ1) is 13.5. The molecular formula is C12H9F3N2OS. The van der Waals surface area contributed by atoms with Crippen LogP contribution in [0.3, 0.4) is 0 Å². The van der Waals surface area contributed by atoms with Crippen molar-refractivity contribution in [3.8, 4) is 0 Å². The number of carbonyl (C=O) groups excluding carboxylic acids is 1. The molecule has 1 aromatic heterocycles. The highest BCUT2D eigenvalue weighted by Gasteiger charge is 2.30. The van der Waals surface area contributed by atoms with Crippen LogP contribution < -0.4 is 5.32 Å². The number of aromatic nitrogens is 1. The lowest BCUT2D eigenvalue weighted by Gasteiger charge is -2.09. The number of rotatable bonds is 3. The highest BCUT2D eigenvalue weighted by molar-refractivity contribution is 7.07. The Labute approximate surface area is 111 Å². The topological polar surface area (TPSA) is 42.0 Å². The number of hydrogen-bond acceptors (Lipinski definition) is 3. The number of thiazole rings is 1. The first-order valence-electron chi connectivity index (χ1n) is 5.29. The van der Waals surface area contributed by atoms with Gasteiger partial charge in [0.15, 0.2) is 0 Å². The molecule has 0 aliphatic carbocycles. The maximum atomic E-state index is 12.5. The largest absolute Gasteiger partial charge is 0.416 e. The number of carbonyl (C=O) groups is 1. The molecule has 1 aromatic carbocycles. The minimum atomic E-state index is -4.38. The van der Waals surface area contributed by atoms with Crippen molar-refractivity contribution >= 4 is 17.2 Å². The fraction of sp³-hybridized carbons (Fsp3) is 0.167. The molecule has 7 heteroatoms. The maximum Gasteiger partial charge on any atom is 0.416 e. The van der Waals surface area contributed by atoms with Gasteiger partial charge in [0.05, 0.1) is 11.1 Å². The normalized spacial score (nSPS) is 11.3. The highest BCUT2D eigenvalue weighted by atomic mass is 32.1. The molecule has 0 spiro atoms. The number of hydrogen-bond donors (Lipinski definition) is 1. The second kappa shape index (κ2) is 5.40. The summed E-state index contributed by atoms with van der Waals surface area (Å²) < 4.78 is 37.5. The van der Waals surface area contributed by atoms with Gasteiger partial charge in [-0.15, -0.1) is 11.3 Å². The molecule has 3 nitrogen and oxygen atoms in total. The van der Waals surface area contributed by atoms with Crippen LogP contribution in [0.15, 0.2) is 35.2 Å². The first-order valence-corrected chi connectivity index (χ1v) is 6.23. The molecule has 0 bridgehead atoms. The summed E-state index contributed by atoms with van der Waals surface area (Å²) in [7, 11) is 0. The molecule has 100 valence electrons. The van der Waals surface area contributed by atoms with E-state index in [2.05, 4.69) is 10.3 Å². The van der Waals surface area contributed by atoms with Crippen molar-refractivity contribution in [2.24, 2.45) is 0 Å². The quantitative estimate of drug-likeness (QED) is 0.942. The van der Waals surface area contributed by atoms with Gasteiger partial charge in [0, 0.05) is 11.9 Å². The van der Waals surface area contributed by atoms with Crippen molar-refractivity contribution in [3.63, 3.8) is 0 Å². The molecule has 0 saturated heterocycles. The molecule has 0 radical (unpaired) electrons. The molecule has 0 fully saturated rings. The number of alkyl halides is 3. The van der Waals surface area contributed by atoms with Crippen LogP contribution in [-0.2, 0) is 12.7 Å². The second-order valence-electron chi connectivity index (χ2n) is 3.75. The van der Waals surface area contributed by atoms with E-state index < -0.39 is 17.6 Å². The Morgan fingerprint density at radius 3 is 2.79 bits per heavy atom. The average Bonchev–Trinajstić information content (AvgIpc) is 2.89. The monoisotopic (exact) mass is 286 g/mol. The number of nitrogens with zero attached hydrogens (tertiary/aromatic N) is 1. The van der Waals surface area contributed by atoms with Gasteiger partial charge in [-0.3, -0.25) is 4.79 Å². The van der Waals surface area contributed by atoms with Crippen molar-refractivity contribution < 1.29 is 18.0 Å². The molecule has 1 heterocycles. The summed E-state index contributed by atoms with van der Waals surface area (Å²) >= 11 is 1.27. The fourth-order valence-electron chi connectivity index (χ4n) is 1.46. The SMILES string of the molecule is O=C(NCc1cccc(C(F)(F)F)c1)c1cscn1. The van der Waals surface area contributed by atoms with Crippen LogP contribution in [0.2, 0.25) is 0 Å². The van der Waals surface area contributed by atoms with E-state index in [1.165, 1.54) is 29.0 Å². The van der Waals surface area contributed by atoms with E-state index in [1.54, 1.807) is 5.38 Å². The van der Waals surface area contributed by atoms with Gasteiger partial charge in [-0.1, -0.05) is 12.1 Å². The average molecular weight is 286 g/mol. The van der Waals surface area contributed by atoms with Gasteiger partial charge in [-0.05, 0) is 17.7 Å². The summed E-state index contributed by atoms with van der Waals surface area (Å²) in [6, 6.07) is 4.84. The van der Waals surface area contributed by atoms with Gasteiger partial charge >= 0.3 is 6.18 Å². The number of benzene rings is 1. The van der Waals surface area contributed by atoms with Crippen LogP contribution in [-0.4, -0.2) is 10.9 Å². The summed E-state index contributed by atoms with van der Waals surface area (Å²) in [5.41, 5.74) is 1.43. The summed E-state index contributed by atoms with van der Waals surface area (Å²) in [6.07, 6.45) is -4.38. The van der Waals surface area contributed by atoms with Gasteiger partial charge in [0.1, 0.15) is 5.69 Å². The van der Waals surface area contributed by atoms with Crippen molar-refractivity contribution in [2.75, 3.05) is 0 Å². The minimum Gasteiger partial charge on any atom is -0.347 e. The number of nitrogens with one attached hydrogen (secondary N) is 1. The third-order valence-corrected chi connectivity index (χ3v) is 2.96. The Morgan fingerprint density at radius 2 is 2.16 bits per heavy atom. The van der Waals surface area contributed by atoms with Crippen LogP contribution in [0.1, 0.15) is 21.6 Å². The van der Waals surface area contributed by atoms with E-state index >= 15 is 0 Å². The second-order valence-corrected chi connectivity index (χ2v) is 4.47. The Balaban J connectivity index is 2.02. The predicted octanol–water partition coefficient (Wildman–Crippen LogP) is 3.09. The Bertz CT molecular complexity index is 567. The zero-order valence-corrected chi connectivity index (χ0v) is 10.4. The third-order valence-electron chi connectivity index (χ3n) is 2.37. The molecule has 1 N–H and O–H groups in total. The zero-order valence-electron chi connectivity index (χ0n) is 9.57. The van der Waals surface area contributed by atoms with E-state index in [-0.39, 0.29) is 12.2 Å². The molecule has 2 rings (SSSR count). The zero-order chi connectivity index (χ0) is 13.9. The number of halogens is 3. The lowest BCUT2D eigenvalue weighted by molar-refractivity contribution is -0.137. The van der Waals surface area contributed by atoms with Crippen LogP contribution in [0, 0.1) is 0 Å². The van der Waals surface area contributed by atoms with Crippen molar-refractivity contribution in [1.82, 2.24) is 10.3 Å². The van der Waals surface area contributed by atoms with Crippen LogP contribution in [0.5, 0.6) is 0 Å². The fourth-order valence-corrected chi connectivity index (χ4v) is 1.99. The summed E-state index contributed by atoms with van der Waals surface area (Å²) in [4.78, 5) is 15.4. The van der Waals surface area contributed by atoms with Crippen LogP contribution in [0.4, 0.5) is 13.2 Å². The lowest BCUT2D eigenvalue weighted by atomic mass is 10.1. The smallest absolute Gasteiger partial charge is 0.347 e. The Hall–Kier alpha value is -1.89. The van der Waals surface area contributed by atoms with Gasteiger partial charge in [0.25, 0.3) is 5.91 Å². The maximum absolute atomic E-state index is 12.5. The van der Waals surface area contributed by atoms with Crippen molar-refractivity contribution in [3.05, 3.63) is 52.0 Å². The Morgan fingerprint density at radius 1 is 1.37 bits per heavy atom. The highest BCUT2D eigenvalue weighted by Crippen LogP contribution is 2.29. The van der Waals surface area contributed by atoms with Gasteiger partial charge < -0.3 is 5.32 Å². The first-order chi connectivity index (χ1) is 8.97. The third kappa shape index (κ3) is 3.54. The van der Waals surface area contributed by atoms with E-state index in [0.717, 1.165) is 12.1 Å². The van der Waals surface area contributed by atoms with Crippen LogP contribution in [0.25, 0.3) is 0 Å². The van der Waals surface area contributed by atoms with Gasteiger partial charge in [-0.2, -0.15) is 13.2 Å². The molecule has 0 saturated carbocycles. The van der Waals surface area contributed by atoms with Gasteiger partial charge in [-0.25, -0.2) is 4.98 Å². The predicted molar refractivity (Wildman–Crippen MR) is 64.7 cm³/mol. The molecule has 0 aliphatic rings. The van der Waals surface area contributed by atoms with E-state index in [9.17, 15) is 18.0 Å². The summed E-state index contributed by atoms with van der Waals surface area (Å²) in [5, 5.41) is 4.09. The minimum absolute atomic E-state index is 0.0281. The Kier molecular flexibility index (Phi) is 3.84. The summed E-state index contributed by atoms with van der Waals surface area (Å²) in [6.45, 7) is 0.0281. The molecule has 2 aromatic rings. The number of amides is 1. The van der Waals surface area contributed by atoms with Gasteiger partial charge in [0.2, 0.25) is 0 Å². The lowest BCUT2D eigenvalue weighted by Crippen LogP contribution is -2.23. The van der Waals surface area contributed by atoms with Crippen molar-refractivity contribution in [2.45, 2.75) is 12.7 Å². The van der Waals surface area contributed by atoms with Crippen molar-refractivity contribution in [1.29, 1.82) is 0 Å². The molecule has 0 aliphatic heterocycles. The molecule has 19 heavy (non-hydrogen) atoms. The molecule has 0 atom stereocenters. The van der Waals surface area contributed by atoms with E-state index in [1.807, 2.05) is 0 Å². The van der Waals surface area contributed by atoms with Crippen LogP contribution >= 0.6 is 11.3 Å². The van der Waals surface area contributed by atoms with E-state index in [0.29, 0.717) is 5.56 Å². The molecular weight excluding hydrogens is 277 g/mol. The molecule has 1 amide bonds. The summed E-state index contributed by atoms with van der Waals surface area (Å²) in [5.74, 6) is -0.404. The van der Waals surface area contributed by atoms with E-state index in [4.69, 9.17) is 0 Å². The standard InChI is InChI=1S/C12H9F3N2OS/c13-12(14,15)9-3-1-2-8(4-9)5-16-11(18)10-6-19-7-17-10/h1-4,6-7H,5H2,(H,16,18). The molecule has 0 unspecified atom stereocenters.